The summed E-state index contributed by atoms with van der Waals surface area (Å²) < 4.78 is 0. The molecule has 0 fully saturated rings. The fraction of sp³-hybridized carbons (Fsp3) is 0.0556. The molecule has 0 radical (unpaired) electrons. The average molecular weight is 728 g/mol. The molecule has 1 aliphatic rings. The van der Waals surface area contributed by atoms with Crippen molar-refractivity contribution in [3.05, 3.63) is 199 Å². The van der Waals surface area contributed by atoms with Crippen molar-refractivity contribution in [3.63, 3.8) is 0 Å². The molecule has 1 aromatic heterocycles. The lowest BCUT2D eigenvalue weighted by Crippen LogP contribution is -2.17. The third-order valence-electron chi connectivity index (χ3n) is 11.9. The van der Waals surface area contributed by atoms with E-state index in [2.05, 4.69) is 196 Å². The minimum atomic E-state index is -0.221. The molecule has 11 rings (SSSR count). The highest BCUT2D eigenvalue weighted by Gasteiger charge is 2.38. The van der Waals surface area contributed by atoms with Gasteiger partial charge in [-0.1, -0.05) is 196 Å². The van der Waals surface area contributed by atoms with Crippen LogP contribution in [0.25, 0.3) is 99.9 Å². The van der Waals surface area contributed by atoms with Crippen LogP contribution >= 0.6 is 0 Å². The van der Waals surface area contributed by atoms with Crippen molar-refractivity contribution < 1.29 is 0 Å². The predicted molar refractivity (Wildman–Crippen MR) is 237 cm³/mol. The minimum absolute atomic E-state index is 0.221. The Labute approximate surface area is 332 Å². The van der Waals surface area contributed by atoms with Gasteiger partial charge in [0.1, 0.15) is 0 Å². The standard InChI is InChI=1S/C54H37N3/c1-54(2)48-22-11-10-19-43(48)45-20-12-21-46(50(45)54)53-56-51(38-27-23-35(24-28-38)34-13-4-3-5-14-34)55-52(57-53)39-29-25-37(26-30-39)49-42-18-9-7-16-40(42)33-47-41-17-8-6-15-36(41)31-32-44(47)49/h3-33H,1-2H3. The van der Waals surface area contributed by atoms with E-state index in [1.807, 2.05) is 6.07 Å². The van der Waals surface area contributed by atoms with Crippen LogP contribution < -0.4 is 0 Å². The second kappa shape index (κ2) is 12.9. The second-order valence-corrected chi connectivity index (χ2v) is 15.6. The molecular weight excluding hydrogens is 691 g/mol. The maximum atomic E-state index is 5.28. The zero-order chi connectivity index (χ0) is 38.1. The summed E-state index contributed by atoms with van der Waals surface area (Å²) in [5.41, 5.74) is 12.5. The maximum Gasteiger partial charge on any atom is 0.164 e. The lowest BCUT2D eigenvalue weighted by atomic mass is 9.80. The molecule has 0 bridgehead atoms. The molecule has 1 heterocycles. The minimum Gasteiger partial charge on any atom is -0.208 e. The fourth-order valence-electron chi connectivity index (χ4n) is 9.15. The Hall–Kier alpha value is -7.23. The van der Waals surface area contributed by atoms with Gasteiger partial charge in [-0.2, -0.15) is 0 Å². The molecule has 0 aliphatic heterocycles. The Bertz CT molecular complexity index is 3180. The number of aromatic nitrogens is 3. The zero-order valence-corrected chi connectivity index (χ0v) is 31.7. The molecular formula is C54H37N3. The van der Waals surface area contributed by atoms with Crippen LogP contribution in [0.2, 0.25) is 0 Å². The van der Waals surface area contributed by atoms with Gasteiger partial charge in [-0.15, -0.1) is 0 Å². The van der Waals surface area contributed by atoms with E-state index in [1.54, 1.807) is 0 Å². The first-order valence-electron chi connectivity index (χ1n) is 19.6. The first-order valence-corrected chi connectivity index (χ1v) is 19.6. The third kappa shape index (κ3) is 5.38. The second-order valence-electron chi connectivity index (χ2n) is 15.6. The molecule has 3 nitrogen and oxygen atoms in total. The Balaban J connectivity index is 1.08. The number of hydrogen-bond donors (Lipinski definition) is 0. The molecule has 9 aromatic carbocycles. The van der Waals surface area contributed by atoms with Gasteiger partial charge in [-0.3, -0.25) is 0 Å². The fourth-order valence-corrected chi connectivity index (χ4v) is 9.15. The van der Waals surface area contributed by atoms with Crippen molar-refractivity contribution in [1.82, 2.24) is 15.0 Å². The number of hydrogen-bond acceptors (Lipinski definition) is 3. The summed E-state index contributed by atoms with van der Waals surface area (Å²) in [5.74, 6) is 1.97. The molecule has 3 heteroatoms. The van der Waals surface area contributed by atoms with E-state index >= 15 is 0 Å². The molecule has 57 heavy (non-hydrogen) atoms. The third-order valence-corrected chi connectivity index (χ3v) is 11.9. The van der Waals surface area contributed by atoms with Gasteiger partial charge in [0.25, 0.3) is 0 Å². The molecule has 0 unspecified atom stereocenters. The van der Waals surface area contributed by atoms with Crippen LogP contribution in [0, 0.1) is 0 Å². The van der Waals surface area contributed by atoms with Crippen LogP contribution in [0.3, 0.4) is 0 Å². The van der Waals surface area contributed by atoms with Crippen LogP contribution in [0.1, 0.15) is 25.0 Å². The first kappa shape index (κ1) is 33.1. The van der Waals surface area contributed by atoms with E-state index in [0.717, 1.165) is 27.8 Å². The molecule has 0 N–H and O–H groups in total. The van der Waals surface area contributed by atoms with Gasteiger partial charge in [-0.05, 0) is 82.9 Å². The predicted octanol–water partition coefficient (Wildman–Crippen LogP) is 14.0. The van der Waals surface area contributed by atoms with Crippen molar-refractivity contribution in [3.8, 4) is 67.5 Å². The van der Waals surface area contributed by atoms with E-state index in [4.69, 9.17) is 15.0 Å². The van der Waals surface area contributed by atoms with Crippen molar-refractivity contribution in [1.29, 1.82) is 0 Å². The van der Waals surface area contributed by atoms with Crippen molar-refractivity contribution in [2.45, 2.75) is 19.3 Å². The van der Waals surface area contributed by atoms with E-state index in [1.165, 1.54) is 65.7 Å². The van der Waals surface area contributed by atoms with Gasteiger partial charge in [0.05, 0.1) is 0 Å². The van der Waals surface area contributed by atoms with Gasteiger partial charge in [0, 0.05) is 22.1 Å². The highest BCUT2D eigenvalue weighted by Crippen LogP contribution is 2.52. The zero-order valence-electron chi connectivity index (χ0n) is 31.7. The van der Waals surface area contributed by atoms with Crippen LogP contribution in [0.4, 0.5) is 0 Å². The summed E-state index contributed by atoms with van der Waals surface area (Å²) >= 11 is 0. The number of benzene rings is 9. The molecule has 0 saturated heterocycles. The highest BCUT2D eigenvalue weighted by atomic mass is 15.0. The number of nitrogens with zero attached hydrogens (tertiary/aromatic N) is 3. The number of fused-ring (bicyclic) bond motifs is 7. The summed E-state index contributed by atoms with van der Waals surface area (Å²) in [4.78, 5) is 15.7. The Kier molecular flexibility index (Phi) is 7.52. The lowest BCUT2D eigenvalue weighted by molar-refractivity contribution is 0.661. The molecule has 0 spiro atoms. The molecule has 0 amide bonds. The molecule has 10 aromatic rings. The first-order chi connectivity index (χ1) is 28.0. The van der Waals surface area contributed by atoms with Crippen LogP contribution in [-0.4, -0.2) is 15.0 Å². The van der Waals surface area contributed by atoms with Crippen LogP contribution in [0.15, 0.2) is 188 Å². The summed E-state index contributed by atoms with van der Waals surface area (Å²) in [7, 11) is 0. The smallest absolute Gasteiger partial charge is 0.164 e. The average Bonchev–Trinajstić information content (AvgIpc) is 3.51. The van der Waals surface area contributed by atoms with Gasteiger partial charge >= 0.3 is 0 Å². The Morgan fingerprint density at radius 3 is 1.63 bits per heavy atom. The van der Waals surface area contributed by atoms with E-state index in [9.17, 15) is 0 Å². The van der Waals surface area contributed by atoms with Gasteiger partial charge in [-0.25, -0.2) is 15.0 Å². The van der Waals surface area contributed by atoms with Crippen LogP contribution in [0.5, 0.6) is 0 Å². The summed E-state index contributed by atoms with van der Waals surface area (Å²) in [5, 5.41) is 7.47. The summed E-state index contributed by atoms with van der Waals surface area (Å²) in [6, 6.07) is 67.3. The molecule has 0 atom stereocenters. The lowest BCUT2D eigenvalue weighted by Gasteiger charge is -2.24. The monoisotopic (exact) mass is 727 g/mol. The molecule has 1 aliphatic carbocycles. The van der Waals surface area contributed by atoms with Crippen molar-refractivity contribution >= 4 is 32.3 Å². The van der Waals surface area contributed by atoms with Crippen molar-refractivity contribution in [2.24, 2.45) is 0 Å². The Morgan fingerprint density at radius 1 is 0.333 bits per heavy atom. The quantitative estimate of drug-likeness (QED) is 0.131. The SMILES string of the molecule is CC1(C)c2ccccc2-c2cccc(-c3nc(-c4ccc(-c5ccccc5)cc4)nc(-c4ccc(-c5c6ccccc6cc6c5ccc5ccccc56)cc4)n3)c21. The largest absolute Gasteiger partial charge is 0.208 e. The van der Waals surface area contributed by atoms with E-state index in [-0.39, 0.29) is 5.41 Å². The Morgan fingerprint density at radius 2 is 0.877 bits per heavy atom. The number of rotatable bonds is 5. The normalized spacial score (nSPS) is 12.9. The van der Waals surface area contributed by atoms with E-state index < -0.39 is 0 Å². The topological polar surface area (TPSA) is 38.7 Å². The highest BCUT2D eigenvalue weighted by molar-refractivity contribution is 6.20. The summed E-state index contributed by atoms with van der Waals surface area (Å²) in [6.45, 7) is 4.62. The van der Waals surface area contributed by atoms with Gasteiger partial charge < -0.3 is 0 Å². The van der Waals surface area contributed by atoms with E-state index in [0.29, 0.717) is 17.5 Å². The molecule has 268 valence electrons. The van der Waals surface area contributed by atoms with Crippen LogP contribution in [-0.2, 0) is 5.41 Å². The van der Waals surface area contributed by atoms with Crippen molar-refractivity contribution in [2.75, 3.05) is 0 Å². The maximum absolute atomic E-state index is 5.28. The molecule has 0 saturated carbocycles. The van der Waals surface area contributed by atoms with Gasteiger partial charge in [0.15, 0.2) is 17.5 Å². The summed E-state index contributed by atoms with van der Waals surface area (Å²) in [6.07, 6.45) is 0. The van der Waals surface area contributed by atoms with Gasteiger partial charge in [0.2, 0.25) is 0 Å².